The molecule has 5 rings (SSSR count). The molecule has 1 saturated heterocycles. The number of sulfone groups is 1. The summed E-state index contributed by atoms with van der Waals surface area (Å²) in [5.74, 6) is -5.78. The largest absolute Gasteiger partial charge is 0.388 e. The van der Waals surface area contributed by atoms with Crippen LogP contribution in [0.1, 0.15) is 36.0 Å². The molecule has 2 aliphatic carbocycles. The number of aliphatic hydroxyl groups excluding tert-OH is 2. The minimum absolute atomic E-state index is 0.0134. The zero-order valence-corrected chi connectivity index (χ0v) is 22.6. The van der Waals surface area contributed by atoms with E-state index in [1.165, 1.54) is 17.0 Å². The highest BCUT2D eigenvalue weighted by Gasteiger charge is 2.48. The first-order valence-corrected chi connectivity index (χ1v) is 14.7. The van der Waals surface area contributed by atoms with Gasteiger partial charge in [-0.2, -0.15) is 0 Å². The van der Waals surface area contributed by atoms with Crippen LogP contribution >= 0.6 is 11.6 Å². The summed E-state index contributed by atoms with van der Waals surface area (Å²) < 4.78 is 67.7. The zero-order chi connectivity index (χ0) is 28.9. The van der Waals surface area contributed by atoms with Gasteiger partial charge in [-0.25, -0.2) is 26.4 Å². The molecular formula is C26H27ClF3N3O6S. The van der Waals surface area contributed by atoms with E-state index >= 15 is 0 Å². The third kappa shape index (κ3) is 5.39. The van der Waals surface area contributed by atoms with E-state index in [9.17, 15) is 41.4 Å². The lowest BCUT2D eigenvalue weighted by Gasteiger charge is -2.36. The molecule has 0 spiro atoms. The third-order valence-corrected chi connectivity index (χ3v) is 10.7. The van der Waals surface area contributed by atoms with Crippen LogP contribution in [0.15, 0.2) is 35.2 Å². The van der Waals surface area contributed by atoms with Gasteiger partial charge in [0.15, 0.2) is 27.3 Å². The molecule has 3 aliphatic rings. The normalized spacial score (nSPS) is 28.0. The number of carbonyl (C=O) groups excluding carboxylic acids is 2. The first-order chi connectivity index (χ1) is 18.8. The Morgan fingerprint density at radius 2 is 1.52 bits per heavy atom. The van der Waals surface area contributed by atoms with Gasteiger partial charge in [-0.15, -0.1) is 0 Å². The van der Waals surface area contributed by atoms with E-state index in [1.54, 1.807) is 0 Å². The SMILES string of the molecule is O=C(Nc1cc(F)c(F)c(F)c1)c1ccc(Cl)c(S(=O)(=O)C2CC3CC[C@@H](C2)C3NC(=O)N2CC(O)C(O)C2)c1. The molecule has 216 valence electrons. The Kier molecular flexibility index (Phi) is 7.77. The number of anilines is 1. The first kappa shape index (κ1) is 28.7. The van der Waals surface area contributed by atoms with Gasteiger partial charge in [0, 0.05) is 29.4 Å². The predicted molar refractivity (Wildman–Crippen MR) is 138 cm³/mol. The molecule has 0 radical (unpaired) electrons. The predicted octanol–water partition coefficient (Wildman–Crippen LogP) is 3.09. The topological polar surface area (TPSA) is 136 Å². The number of halogens is 4. The highest BCUT2D eigenvalue weighted by molar-refractivity contribution is 7.92. The molecule has 9 nitrogen and oxygen atoms in total. The minimum Gasteiger partial charge on any atom is -0.388 e. The van der Waals surface area contributed by atoms with Crippen LogP contribution in [-0.4, -0.2) is 72.1 Å². The molecule has 14 heteroatoms. The summed E-state index contributed by atoms with van der Waals surface area (Å²) in [5.41, 5.74) is -0.484. The van der Waals surface area contributed by atoms with E-state index < -0.39 is 56.7 Å². The van der Waals surface area contributed by atoms with Gasteiger partial charge in [0.25, 0.3) is 5.91 Å². The lowest BCUT2D eigenvalue weighted by molar-refractivity contribution is 0.0572. The summed E-state index contributed by atoms with van der Waals surface area (Å²) in [4.78, 5) is 26.5. The number of rotatable bonds is 5. The Balaban J connectivity index is 1.30. The van der Waals surface area contributed by atoms with Crippen LogP contribution in [0, 0.1) is 29.3 Å². The molecule has 1 aliphatic heterocycles. The second-order valence-corrected chi connectivity index (χ2v) is 13.2. The van der Waals surface area contributed by atoms with Crippen LogP contribution in [0.5, 0.6) is 0 Å². The molecule has 3 fully saturated rings. The molecule has 2 aromatic carbocycles. The molecular weight excluding hydrogens is 575 g/mol. The smallest absolute Gasteiger partial charge is 0.317 e. The van der Waals surface area contributed by atoms with Crippen LogP contribution in [0.4, 0.5) is 23.7 Å². The monoisotopic (exact) mass is 601 g/mol. The Bertz CT molecular complexity index is 1410. The van der Waals surface area contributed by atoms with Crippen molar-refractivity contribution in [3.8, 4) is 0 Å². The van der Waals surface area contributed by atoms with Crippen LogP contribution in [0.2, 0.25) is 5.02 Å². The number of urea groups is 1. The Labute approximate surface area is 233 Å². The van der Waals surface area contributed by atoms with Gasteiger partial charge in [-0.3, -0.25) is 4.79 Å². The van der Waals surface area contributed by atoms with Crippen molar-refractivity contribution in [3.05, 3.63) is 58.4 Å². The maximum absolute atomic E-state index is 13.7. The van der Waals surface area contributed by atoms with Gasteiger partial charge in [0.2, 0.25) is 0 Å². The van der Waals surface area contributed by atoms with Gasteiger partial charge in [-0.05, 0) is 55.7 Å². The number of aliphatic hydroxyl groups is 2. The van der Waals surface area contributed by atoms with Crippen molar-refractivity contribution < 1.29 is 41.4 Å². The molecule has 40 heavy (non-hydrogen) atoms. The lowest BCUT2D eigenvalue weighted by atomic mass is 9.84. The highest BCUT2D eigenvalue weighted by Crippen LogP contribution is 2.46. The zero-order valence-electron chi connectivity index (χ0n) is 21.0. The van der Waals surface area contributed by atoms with Gasteiger partial charge in [0.1, 0.15) is 0 Å². The fourth-order valence-electron chi connectivity index (χ4n) is 6.00. The quantitative estimate of drug-likeness (QED) is 0.389. The van der Waals surface area contributed by atoms with E-state index in [2.05, 4.69) is 10.6 Å². The van der Waals surface area contributed by atoms with Crippen LogP contribution in [0.3, 0.4) is 0 Å². The molecule has 4 N–H and O–H groups in total. The van der Waals surface area contributed by atoms with Gasteiger partial charge >= 0.3 is 6.03 Å². The van der Waals surface area contributed by atoms with Crippen molar-refractivity contribution in [1.82, 2.24) is 10.2 Å². The summed E-state index contributed by atoms with van der Waals surface area (Å²) in [6.45, 7) is 0.0268. The summed E-state index contributed by atoms with van der Waals surface area (Å²) in [6.07, 6.45) is -0.0685. The minimum atomic E-state index is -4.02. The molecule has 0 aromatic heterocycles. The molecule has 2 bridgehead atoms. The van der Waals surface area contributed by atoms with E-state index in [0.717, 1.165) is 6.07 Å². The Hall–Kier alpha value is -2.87. The van der Waals surface area contributed by atoms with Crippen LogP contribution < -0.4 is 10.6 Å². The number of fused-ring (bicyclic) bond motifs is 2. The number of hydrogen-bond acceptors (Lipinski definition) is 6. The van der Waals surface area contributed by atoms with Gasteiger partial charge in [-0.1, -0.05) is 11.6 Å². The second-order valence-electron chi connectivity index (χ2n) is 10.6. The number of nitrogens with zero attached hydrogens (tertiary/aromatic N) is 1. The molecule has 3 amide bonds. The van der Waals surface area contributed by atoms with Crippen molar-refractivity contribution in [2.75, 3.05) is 18.4 Å². The number of likely N-dealkylation sites (tertiary alicyclic amines) is 1. The number of nitrogens with one attached hydrogen (secondary N) is 2. The third-order valence-electron chi connectivity index (χ3n) is 8.07. The van der Waals surface area contributed by atoms with Crippen molar-refractivity contribution in [3.63, 3.8) is 0 Å². The number of carbonyl (C=O) groups is 2. The molecule has 1 heterocycles. The highest BCUT2D eigenvalue weighted by atomic mass is 35.5. The van der Waals surface area contributed by atoms with Gasteiger partial charge < -0.3 is 25.7 Å². The standard InChI is InChI=1S/C26H27ClF3N3O6S/c27-17-4-3-14(25(36)31-15-8-18(28)23(30)19(29)9-15)7-22(17)40(38,39)16-5-12-1-2-13(6-16)24(12)32-26(37)33-10-20(34)21(35)11-33/h3-4,7-9,12-13,16,20-21,24,34-35H,1-2,5-6,10-11H2,(H,31,36)(H,32,37)/t12-,13?,16?,20?,21?,24?/m0/s1. The lowest BCUT2D eigenvalue weighted by Crippen LogP contribution is -2.51. The molecule has 5 unspecified atom stereocenters. The summed E-state index contributed by atoms with van der Waals surface area (Å²) in [6, 6.07) is 4.14. The fraction of sp³-hybridized carbons (Fsp3) is 0.462. The number of benzene rings is 2. The average Bonchev–Trinajstić information content (AvgIpc) is 3.34. The van der Waals surface area contributed by atoms with Crippen molar-refractivity contribution in [1.29, 1.82) is 0 Å². The Morgan fingerprint density at radius 1 is 0.950 bits per heavy atom. The fourth-order valence-corrected chi connectivity index (χ4v) is 8.44. The molecule has 6 atom stereocenters. The van der Waals surface area contributed by atoms with Crippen molar-refractivity contribution in [2.45, 2.75) is 54.1 Å². The van der Waals surface area contributed by atoms with Crippen LogP contribution in [-0.2, 0) is 9.84 Å². The van der Waals surface area contributed by atoms with Crippen molar-refractivity contribution in [2.24, 2.45) is 11.8 Å². The number of amides is 3. The van der Waals surface area contributed by atoms with Gasteiger partial charge in [0.05, 0.1) is 40.5 Å². The maximum atomic E-state index is 13.7. The summed E-state index contributed by atoms with van der Waals surface area (Å²) >= 11 is 6.25. The van der Waals surface area contributed by atoms with Crippen LogP contribution in [0.25, 0.3) is 0 Å². The average molecular weight is 602 g/mol. The molecule has 2 aromatic rings. The summed E-state index contributed by atoms with van der Waals surface area (Å²) in [7, 11) is -4.02. The second kappa shape index (κ2) is 10.8. The Morgan fingerprint density at radius 3 is 2.10 bits per heavy atom. The van der Waals surface area contributed by atoms with E-state index in [1.807, 2.05) is 0 Å². The van der Waals surface area contributed by atoms with E-state index in [-0.39, 0.29) is 65.0 Å². The van der Waals surface area contributed by atoms with Crippen molar-refractivity contribution >= 4 is 39.1 Å². The number of β-amino-alcohol motifs (C(OH)–C–C–N with tert-alkyl or cyclic N) is 2. The summed E-state index contributed by atoms with van der Waals surface area (Å²) in [5, 5.41) is 23.7. The van der Waals surface area contributed by atoms with E-state index in [4.69, 9.17) is 11.6 Å². The van der Waals surface area contributed by atoms with E-state index in [0.29, 0.717) is 25.0 Å². The first-order valence-electron chi connectivity index (χ1n) is 12.8. The maximum Gasteiger partial charge on any atom is 0.317 e. The number of hydrogen-bond donors (Lipinski definition) is 4. The molecule has 2 saturated carbocycles.